The van der Waals surface area contributed by atoms with Crippen LogP contribution >= 0.6 is 0 Å². The molecule has 1 N–H and O–H groups in total. The number of amides is 2. The average molecular weight is 393 g/mol. The summed E-state index contributed by atoms with van der Waals surface area (Å²) < 4.78 is 21.5. The van der Waals surface area contributed by atoms with Gasteiger partial charge < -0.3 is 19.5 Å². The van der Waals surface area contributed by atoms with E-state index in [1.165, 1.54) is 18.2 Å². The zero-order valence-electron chi connectivity index (χ0n) is 15.9. The number of halogens is 1. The number of likely N-dealkylation sites (tertiary alicyclic amines) is 1. The standard InChI is InChI=1S/C22H20FN3O3/c1-25-7-6-15-8-14(2-5-18(15)25)11-24-21(28)26-12-22(13-26)10-19(27)17-4-3-16(23)9-20(17)29-22/h2-9H,10-13H2,1H3,(H,24,28). The maximum atomic E-state index is 13.5. The van der Waals surface area contributed by atoms with Gasteiger partial charge >= 0.3 is 6.03 Å². The lowest BCUT2D eigenvalue weighted by Crippen LogP contribution is -2.69. The quantitative estimate of drug-likeness (QED) is 0.727. The summed E-state index contributed by atoms with van der Waals surface area (Å²) in [5, 5.41) is 4.04. The number of ether oxygens (including phenoxy) is 1. The van der Waals surface area contributed by atoms with Crippen molar-refractivity contribution in [2.24, 2.45) is 7.05 Å². The summed E-state index contributed by atoms with van der Waals surface area (Å²) in [6.07, 6.45) is 2.20. The van der Waals surface area contributed by atoms with Crippen molar-refractivity contribution in [1.82, 2.24) is 14.8 Å². The molecule has 3 heterocycles. The molecular formula is C22H20FN3O3. The van der Waals surface area contributed by atoms with Crippen LogP contribution in [0, 0.1) is 5.82 Å². The number of ketones is 1. The zero-order valence-corrected chi connectivity index (χ0v) is 15.9. The number of fused-ring (bicyclic) bond motifs is 2. The highest BCUT2D eigenvalue weighted by atomic mass is 19.1. The second kappa shape index (κ2) is 6.34. The number of rotatable bonds is 2. The highest BCUT2D eigenvalue weighted by Crippen LogP contribution is 2.39. The molecule has 148 valence electrons. The van der Waals surface area contributed by atoms with Gasteiger partial charge in [0, 0.05) is 31.4 Å². The van der Waals surface area contributed by atoms with Gasteiger partial charge in [-0.05, 0) is 41.3 Å². The van der Waals surface area contributed by atoms with E-state index in [1.807, 2.05) is 36.0 Å². The first-order chi connectivity index (χ1) is 13.9. The number of Topliss-reactive ketones (excluding diaryl/α,β-unsaturated/α-hetero) is 1. The molecule has 2 aliphatic heterocycles. The molecule has 2 aromatic carbocycles. The van der Waals surface area contributed by atoms with Crippen molar-refractivity contribution in [3.05, 3.63) is 65.6 Å². The molecule has 2 amide bonds. The summed E-state index contributed by atoms with van der Waals surface area (Å²) in [6, 6.07) is 11.9. The Kier molecular flexibility index (Phi) is 3.87. The molecule has 0 aliphatic carbocycles. The Morgan fingerprint density at radius 1 is 1.21 bits per heavy atom. The van der Waals surface area contributed by atoms with Gasteiger partial charge in [0.15, 0.2) is 11.4 Å². The first kappa shape index (κ1) is 17.7. The summed E-state index contributed by atoms with van der Waals surface area (Å²) in [5.74, 6) is -0.266. The number of hydrogen-bond acceptors (Lipinski definition) is 3. The van der Waals surface area contributed by atoms with E-state index in [-0.39, 0.29) is 24.0 Å². The lowest BCUT2D eigenvalue weighted by Gasteiger charge is -2.50. The largest absolute Gasteiger partial charge is 0.482 e. The zero-order chi connectivity index (χ0) is 20.2. The third-order valence-corrected chi connectivity index (χ3v) is 5.69. The Balaban J connectivity index is 1.21. The van der Waals surface area contributed by atoms with E-state index < -0.39 is 11.4 Å². The molecule has 1 saturated heterocycles. The van der Waals surface area contributed by atoms with Gasteiger partial charge in [-0.3, -0.25) is 4.79 Å². The molecule has 6 nitrogen and oxygen atoms in total. The van der Waals surface area contributed by atoms with Crippen molar-refractivity contribution < 1.29 is 18.7 Å². The van der Waals surface area contributed by atoms with Crippen molar-refractivity contribution in [3.63, 3.8) is 0 Å². The molecule has 5 rings (SSSR count). The molecule has 0 radical (unpaired) electrons. The fourth-order valence-corrected chi connectivity index (χ4v) is 4.17. The molecule has 7 heteroatoms. The minimum atomic E-state index is -0.752. The predicted octanol–water partition coefficient (Wildman–Crippen LogP) is 3.25. The Morgan fingerprint density at radius 3 is 2.86 bits per heavy atom. The first-order valence-corrected chi connectivity index (χ1v) is 9.51. The number of benzene rings is 2. The van der Waals surface area contributed by atoms with Gasteiger partial charge in [-0.15, -0.1) is 0 Å². The maximum Gasteiger partial charge on any atom is 0.317 e. The average Bonchev–Trinajstić information content (AvgIpc) is 3.04. The number of aromatic nitrogens is 1. The van der Waals surface area contributed by atoms with Crippen molar-refractivity contribution in [2.45, 2.75) is 18.6 Å². The van der Waals surface area contributed by atoms with Gasteiger partial charge in [-0.25, -0.2) is 9.18 Å². The van der Waals surface area contributed by atoms with E-state index in [0.717, 1.165) is 16.5 Å². The summed E-state index contributed by atoms with van der Waals surface area (Å²) in [4.78, 5) is 26.5. The third kappa shape index (κ3) is 3.03. The Labute approximate surface area is 166 Å². The van der Waals surface area contributed by atoms with Gasteiger partial charge in [-0.2, -0.15) is 0 Å². The van der Waals surface area contributed by atoms with Crippen LogP contribution in [0.15, 0.2) is 48.7 Å². The molecule has 1 fully saturated rings. The van der Waals surface area contributed by atoms with Gasteiger partial charge in [0.2, 0.25) is 0 Å². The Morgan fingerprint density at radius 2 is 2.03 bits per heavy atom. The molecule has 0 saturated carbocycles. The molecular weight excluding hydrogens is 373 g/mol. The molecule has 29 heavy (non-hydrogen) atoms. The second-order valence-electron chi connectivity index (χ2n) is 7.86. The van der Waals surface area contributed by atoms with E-state index in [0.29, 0.717) is 25.2 Å². The third-order valence-electron chi connectivity index (χ3n) is 5.69. The van der Waals surface area contributed by atoms with Crippen molar-refractivity contribution in [2.75, 3.05) is 13.1 Å². The van der Waals surface area contributed by atoms with Gasteiger partial charge in [0.1, 0.15) is 11.6 Å². The minimum Gasteiger partial charge on any atom is -0.482 e. The van der Waals surface area contributed by atoms with Crippen LogP contribution in [0.5, 0.6) is 5.75 Å². The van der Waals surface area contributed by atoms with E-state index in [4.69, 9.17) is 4.74 Å². The van der Waals surface area contributed by atoms with Crippen LogP contribution in [-0.4, -0.2) is 40.0 Å². The highest BCUT2D eigenvalue weighted by molar-refractivity contribution is 6.00. The number of carbonyl (C=O) groups excluding carboxylic acids is 2. The van der Waals surface area contributed by atoms with E-state index in [2.05, 4.69) is 11.4 Å². The lowest BCUT2D eigenvalue weighted by atomic mass is 9.84. The van der Waals surface area contributed by atoms with Crippen LogP contribution in [0.25, 0.3) is 10.9 Å². The SMILES string of the molecule is Cn1ccc2cc(CNC(=O)N3CC4(CC(=O)c5ccc(F)cc5O4)C3)ccc21. The smallest absolute Gasteiger partial charge is 0.317 e. The number of aryl methyl sites for hydroxylation is 1. The fourth-order valence-electron chi connectivity index (χ4n) is 4.17. The Bertz CT molecular complexity index is 1150. The van der Waals surface area contributed by atoms with Crippen LogP contribution in [0.3, 0.4) is 0 Å². The van der Waals surface area contributed by atoms with Crippen LogP contribution in [0.4, 0.5) is 9.18 Å². The normalized spacial score (nSPS) is 17.0. The van der Waals surface area contributed by atoms with Gasteiger partial charge in [0.25, 0.3) is 0 Å². The maximum absolute atomic E-state index is 13.5. The van der Waals surface area contributed by atoms with Crippen molar-refractivity contribution in [1.29, 1.82) is 0 Å². The molecule has 1 aromatic heterocycles. The number of nitrogens with zero attached hydrogens (tertiary/aromatic N) is 2. The molecule has 1 spiro atoms. The summed E-state index contributed by atoms with van der Waals surface area (Å²) in [6.45, 7) is 1.03. The predicted molar refractivity (Wildman–Crippen MR) is 105 cm³/mol. The summed E-state index contributed by atoms with van der Waals surface area (Å²) in [7, 11) is 1.99. The molecule has 0 unspecified atom stereocenters. The summed E-state index contributed by atoms with van der Waals surface area (Å²) in [5.41, 5.74) is 1.80. The van der Waals surface area contributed by atoms with Crippen LogP contribution in [-0.2, 0) is 13.6 Å². The van der Waals surface area contributed by atoms with Crippen LogP contribution in [0.1, 0.15) is 22.3 Å². The van der Waals surface area contributed by atoms with Gasteiger partial charge in [0.05, 0.1) is 25.1 Å². The van der Waals surface area contributed by atoms with Crippen molar-refractivity contribution >= 4 is 22.7 Å². The number of urea groups is 1. The van der Waals surface area contributed by atoms with E-state index in [1.54, 1.807) is 4.90 Å². The molecule has 0 atom stereocenters. The number of carbonyl (C=O) groups is 2. The van der Waals surface area contributed by atoms with Crippen molar-refractivity contribution in [3.8, 4) is 5.75 Å². The second-order valence-corrected chi connectivity index (χ2v) is 7.86. The number of hydrogen-bond donors (Lipinski definition) is 1. The van der Waals surface area contributed by atoms with Crippen LogP contribution in [0.2, 0.25) is 0 Å². The Hall–Kier alpha value is -3.35. The van der Waals surface area contributed by atoms with E-state index >= 15 is 0 Å². The monoisotopic (exact) mass is 393 g/mol. The van der Waals surface area contributed by atoms with Crippen LogP contribution < -0.4 is 10.1 Å². The molecule has 3 aromatic rings. The molecule has 2 aliphatic rings. The minimum absolute atomic E-state index is 0.0810. The topological polar surface area (TPSA) is 63.6 Å². The highest BCUT2D eigenvalue weighted by Gasteiger charge is 2.51. The van der Waals surface area contributed by atoms with Gasteiger partial charge in [-0.1, -0.05) is 6.07 Å². The molecule has 0 bridgehead atoms. The summed E-state index contributed by atoms with van der Waals surface area (Å²) >= 11 is 0. The first-order valence-electron chi connectivity index (χ1n) is 9.51. The van der Waals surface area contributed by atoms with E-state index in [9.17, 15) is 14.0 Å². The fraction of sp³-hybridized carbons (Fsp3) is 0.273. The lowest BCUT2D eigenvalue weighted by molar-refractivity contribution is -0.0598. The number of nitrogens with one attached hydrogen (secondary N) is 1.